The Hall–Kier alpha value is -2.63. The number of carbonyl (C=O) groups excluding carboxylic acids is 3. The lowest BCUT2D eigenvalue weighted by molar-refractivity contribution is -0.244. The first-order chi connectivity index (χ1) is 11.3. The maximum atomic E-state index is 12.7. The summed E-state index contributed by atoms with van der Waals surface area (Å²) < 4.78 is 15.3. The van der Waals surface area contributed by atoms with E-state index in [1.807, 2.05) is 0 Å². The number of ether oxygens (including phenoxy) is 3. The summed E-state index contributed by atoms with van der Waals surface area (Å²) in [6.07, 6.45) is 1.48. The smallest absolute Gasteiger partial charge is 0.325 e. The number of carbonyl (C=O) groups is 3. The number of hydrogen-bond acceptors (Lipinski definition) is 6. The van der Waals surface area contributed by atoms with Crippen molar-refractivity contribution in [3.05, 3.63) is 48.6 Å². The molecule has 128 valence electrons. The molecule has 0 amide bonds. The first-order valence-corrected chi connectivity index (χ1v) is 7.49. The molecule has 6 nitrogen and oxygen atoms in total. The SMILES string of the molecule is C=CCC(C(=O)OC)(c1ccccc1)C1C(=O)OC(C)(C)OC1=O. The van der Waals surface area contributed by atoms with E-state index in [1.54, 1.807) is 30.3 Å². The van der Waals surface area contributed by atoms with Crippen molar-refractivity contribution in [2.75, 3.05) is 7.11 Å². The largest absolute Gasteiger partial charge is 0.468 e. The van der Waals surface area contributed by atoms with Crippen LogP contribution in [-0.4, -0.2) is 30.8 Å². The van der Waals surface area contributed by atoms with E-state index in [0.717, 1.165) is 0 Å². The van der Waals surface area contributed by atoms with Gasteiger partial charge in [-0.1, -0.05) is 36.4 Å². The monoisotopic (exact) mass is 332 g/mol. The third-order valence-electron chi connectivity index (χ3n) is 3.96. The van der Waals surface area contributed by atoms with E-state index < -0.39 is 35.0 Å². The minimum atomic E-state index is -1.59. The summed E-state index contributed by atoms with van der Waals surface area (Å²) in [6, 6.07) is 8.49. The minimum absolute atomic E-state index is 0.0129. The molecular formula is C18H20O6. The number of benzene rings is 1. The standard InChI is InChI=1S/C18H20O6/c1-5-11-18(16(21)22-4,12-9-7-6-8-10-12)13-14(19)23-17(2,3)24-15(13)20/h5-10,13H,1,11H2,2-4H3. The topological polar surface area (TPSA) is 78.9 Å². The lowest BCUT2D eigenvalue weighted by atomic mass is 9.67. The molecule has 1 aromatic carbocycles. The lowest BCUT2D eigenvalue weighted by Crippen LogP contribution is -2.57. The maximum Gasteiger partial charge on any atom is 0.325 e. The second kappa shape index (κ2) is 6.47. The van der Waals surface area contributed by atoms with Gasteiger partial charge < -0.3 is 14.2 Å². The Morgan fingerprint density at radius 3 is 2.25 bits per heavy atom. The Balaban J connectivity index is 2.66. The van der Waals surface area contributed by atoms with Crippen LogP contribution in [0.4, 0.5) is 0 Å². The van der Waals surface area contributed by atoms with E-state index in [1.165, 1.54) is 27.0 Å². The normalized spacial score (nSPS) is 19.6. The molecule has 1 aliphatic heterocycles. The van der Waals surface area contributed by atoms with Crippen LogP contribution in [0.5, 0.6) is 0 Å². The van der Waals surface area contributed by atoms with Crippen molar-refractivity contribution in [3.8, 4) is 0 Å². The Labute approximate surface area is 140 Å². The molecule has 1 aromatic rings. The lowest BCUT2D eigenvalue weighted by Gasteiger charge is -2.41. The van der Waals surface area contributed by atoms with Crippen molar-refractivity contribution < 1.29 is 28.6 Å². The quantitative estimate of drug-likeness (QED) is 0.467. The zero-order chi connectivity index (χ0) is 18.0. The highest BCUT2D eigenvalue weighted by Gasteiger charge is 2.59. The van der Waals surface area contributed by atoms with Gasteiger partial charge in [0.1, 0.15) is 5.41 Å². The van der Waals surface area contributed by atoms with Crippen LogP contribution in [0.1, 0.15) is 25.8 Å². The summed E-state index contributed by atoms with van der Waals surface area (Å²) in [4.78, 5) is 37.8. The van der Waals surface area contributed by atoms with Gasteiger partial charge in [0.2, 0.25) is 0 Å². The highest BCUT2D eigenvalue weighted by atomic mass is 16.7. The van der Waals surface area contributed by atoms with Gasteiger partial charge >= 0.3 is 17.9 Å². The molecular weight excluding hydrogens is 312 g/mol. The molecule has 1 saturated heterocycles. The molecule has 1 unspecified atom stereocenters. The van der Waals surface area contributed by atoms with Gasteiger partial charge in [-0.25, -0.2) is 0 Å². The molecule has 2 rings (SSSR count). The molecule has 1 aliphatic rings. The van der Waals surface area contributed by atoms with Crippen molar-refractivity contribution >= 4 is 17.9 Å². The Bertz CT molecular complexity index is 643. The average molecular weight is 332 g/mol. The van der Waals surface area contributed by atoms with Gasteiger partial charge in [-0.15, -0.1) is 6.58 Å². The van der Waals surface area contributed by atoms with Gasteiger partial charge in [-0.3, -0.25) is 14.4 Å². The maximum absolute atomic E-state index is 12.7. The molecule has 1 fully saturated rings. The summed E-state index contributed by atoms with van der Waals surface area (Å²) in [5, 5.41) is 0. The van der Waals surface area contributed by atoms with E-state index in [0.29, 0.717) is 5.56 Å². The van der Waals surface area contributed by atoms with Gasteiger partial charge in [0, 0.05) is 13.8 Å². The molecule has 0 bridgehead atoms. The van der Waals surface area contributed by atoms with Gasteiger partial charge in [0.25, 0.3) is 5.79 Å². The van der Waals surface area contributed by atoms with Crippen LogP contribution in [0.15, 0.2) is 43.0 Å². The fourth-order valence-electron chi connectivity index (χ4n) is 2.99. The fourth-order valence-corrected chi connectivity index (χ4v) is 2.99. The Kier molecular flexibility index (Phi) is 4.78. The minimum Gasteiger partial charge on any atom is -0.468 e. The van der Waals surface area contributed by atoms with Crippen molar-refractivity contribution in [1.29, 1.82) is 0 Å². The molecule has 1 heterocycles. The predicted molar refractivity (Wildman–Crippen MR) is 84.7 cm³/mol. The Morgan fingerprint density at radius 2 is 1.79 bits per heavy atom. The molecule has 0 aromatic heterocycles. The van der Waals surface area contributed by atoms with Crippen molar-refractivity contribution in [2.45, 2.75) is 31.5 Å². The second-order valence-corrected chi connectivity index (χ2v) is 6.00. The van der Waals surface area contributed by atoms with E-state index in [9.17, 15) is 14.4 Å². The second-order valence-electron chi connectivity index (χ2n) is 6.00. The van der Waals surface area contributed by atoms with Crippen molar-refractivity contribution in [1.82, 2.24) is 0 Å². The summed E-state index contributed by atoms with van der Waals surface area (Å²) in [7, 11) is 1.20. The number of cyclic esters (lactones) is 2. The number of hydrogen-bond donors (Lipinski definition) is 0. The first-order valence-electron chi connectivity index (χ1n) is 7.49. The van der Waals surface area contributed by atoms with Gasteiger partial charge in [0.15, 0.2) is 5.92 Å². The molecule has 0 radical (unpaired) electrons. The highest BCUT2D eigenvalue weighted by Crippen LogP contribution is 2.42. The highest BCUT2D eigenvalue weighted by molar-refractivity contribution is 6.04. The van der Waals surface area contributed by atoms with E-state index in [-0.39, 0.29) is 6.42 Å². The van der Waals surface area contributed by atoms with Crippen LogP contribution in [0, 0.1) is 5.92 Å². The van der Waals surface area contributed by atoms with Crippen molar-refractivity contribution in [3.63, 3.8) is 0 Å². The van der Waals surface area contributed by atoms with Crippen LogP contribution in [0.2, 0.25) is 0 Å². The van der Waals surface area contributed by atoms with Crippen LogP contribution < -0.4 is 0 Å². The third-order valence-corrected chi connectivity index (χ3v) is 3.96. The number of allylic oxidation sites excluding steroid dienone is 1. The molecule has 0 saturated carbocycles. The Morgan fingerprint density at radius 1 is 1.25 bits per heavy atom. The van der Waals surface area contributed by atoms with Crippen LogP contribution >= 0.6 is 0 Å². The third kappa shape index (κ3) is 2.91. The summed E-state index contributed by atoms with van der Waals surface area (Å²) in [5.41, 5.74) is -1.14. The van der Waals surface area contributed by atoms with Crippen LogP contribution in [0.25, 0.3) is 0 Å². The molecule has 0 spiro atoms. The molecule has 1 atom stereocenters. The van der Waals surface area contributed by atoms with E-state index >= 15 is 0 Å². The zero-order valence-electron chi connectivity index (χ0n) is 13.9. The van der Waals surface area contributed by atoms with Crippen LogP contribution in [-0.2, 0) is 34.0 Å². The molecule has 6 heteroatoms. The molecule has 0 aliphatic carbocycles. The number of methoxy groups -OCH3 is 1. The molecule has 0 N–H and O–H groups in total. The number of esters is 3. The fraction of sp³-hybridized carbons (Fsp3) is 0.389. The van der Waals surface area contributed by atoms with Gasteiger partial charge in [0.05, 0.1) is 7.11 Å². The summed E-state index contributed by atoms with van der Waals surface area (Å²) >= 11 is 0. The van der Waals surface area contributed by atoms with E-state index in [4.69, 9.17) is 14.2 Å². The summed E-state index contributed by atoms with van der Waals surface area (Å²) in [6.45, 7) is 6.56. The predicted octanol–water partition coefficient (Wildman–Crippen LogP) is 2.13. The van der Waals surface area contributed by atoms with E-state index in [2.05, 4.69) is 6.58 Å². The first kappa shape index (κ1) is 17.7. The average Bonchev–Trinajstić information content (AvgIpc) is 2.52. The number of rotatable bonds is 5. The van der Waals surface area contributed by atoms with Gasteiger partial charge in [-0.05, 0) is 12.0 Å². The zero-order valence-corrected chi connectivity index (χ0v) is 13.9. The summed E-state index contributed by atoms with van der Waals surface area (Å²) in [5.74, 6) is -5.23. The molecule has 24 heavy (non-hydrogen) atoms. The van der Waals surface area contributed by atoms with Crippen LogP contribution in [0.3, 0.4) is 0 Å². The van der Waals surface area contributed by atoms with Crippen molar-refractivity contribution in [2.24, 2.45) is 5.92 Å². The van der Waals surface area contributed by atoms with Gasteiger partial charge in [-0.2, -0.15) is 0 Å².